The van der Waals surface area contributed by atoms with Crippen LogP contribution in [0.1, 0.15) is 197 Å². The maximum atomic E-state index is 11.5. The van der Waals surface area contributed by atoms with E-state index in [1.807, 2.05) is 0 Å². The number of aryl methyl sites for hydroxylation is 6. The van der Waals surface area contributed by atoms with Crippen LogP contribution < -0.4 is 0 Å². The van der Waals surface area contributed by atoms with Crippen LogP contribution in [-0.4, -0.2) is 15.3 Å². The van der Waals surface area contributed by atoms with Crippen molar-refractivity contribution in [3.63, 3.8) is 0 Å². The highest BCUT2D eigenvalue weighted by Gasteiger charge is 2.29. The van der Waals surface area contributed by atoms with Crippen LogP contribution in [0, 0.1) is 0 Å². The average Bonchev–Trinajstić information content (AvgIpc) is 3.06. The molecule has 3 nitrogen and oxygen atoms in total. The van der Waals surface area contributed by atoms with E-state index in [0.717, 1.165) is 71.9 Å². The lowest BCUT2D eigenvalue weighted by Gasteiger charge is -2.28. The Morgan fingerprint density at radius 1 is 0.339 bits per heavy atom. The summed E-state index contributed by atoms with van der Waals surface area (Å²) in [6.07, 6.45) is 7.18. The lowest BCUT2D eigenvalue weighted by Crippen LogP contribution is -2.18. The number of phenolic OH excluding ortho intramolecular Hbond substituents is 3. The van der Waals surface area contributed by atoms with Gasteiger partial charge in [-0.05, 0) is 143 Å². The van der Waals surface area contributed by atoms with Gasteiger partial charge in [-0.3, -0.25) is 0 Å². The molecule has 59 heavy (non-hydrogen) atoms. The summed E-state index contributed by atoms with van der Waals surface area (Å²) in [4.78, 5) is 0. The van der Waals surface area contributed by atoms with Crippen molar-refractivity contribution in [2.45, 2.75) is 196 Å². The Balaban J connectivity index is 1.85. The first-order chi connectivity index (χ1) is 26.7. The molecular formula is C56H80O3. The molecule has 3 N–H and O–H groups in total. The molecule has 0 radical (unpaired) electrons. The number of rotatable bonds is 10. The molecule has 3 heteroatoms. The third-order valence-corrected chi connectivity index (χ3v) is 12.0. The van der Waals surface area contributed by atoms with Crippen LogP contribution in [-0.2, 0) is 71.0 Å². The molecule has 0 aliphatic heterocycles. The predicted octanol–water partition coefficient (Wildman–Crippen LogP) is 14.6. The molecule has 4 rings (SSSR count). The lowest BCUT2D eigenvalue weighted by molar-refractivity contribution is 0.422. The fourth-order valence-electron chi connectivity index (χ4n) is 8.46. The highest BCUT2D eigenvalue weighted by atomic mass is 16.3. The molecule has 0 fully saturated rings. The summed E-state index contributed by atoms with van der Waals surface area (Å²) in [5, 5.41) is 34.4. The summed E-state index contributed by atoms with van der Waals surface area (Å²) < 4.78 is 0. The second-order valence-corrected chi connectivity index (χ2v) is 23.7. The van der Waals surface area contributed by atoms with E-state index < -0.39 is 0 Å². The Morgan fingerprint density at radius 2 is 0.525 bits per heavy atom. The Morgan fingerprint density at radius 3 is 0.712 bits per heavy atom. The van der Waals surface area contributed by atoms with Gasteiger partial charge in [0.1, 0.15) is 17.2 Å². The second-order valence-electron chi connectivity index (χ2n) is 23.7. The van der Waals surface area contributed by atoms with Crippen molar-refractivity contribution in [3.8, 4) is 17.2 Å². The van der Waals surface area contributed by atoms with Crippen LogP contribution in [0.2, 0.25) is 0 Å². The maximum Gasteiger partial charge on any atom is 0.123 e. The van der Waals surface area contributed by atoms with Gasteiger partial charge in [-0.15, -0.1) is 0 Å². The molecule has 322 valence electrons. The Bertz CT molecular complexity index is 1940. The van der Waals surface area contributed by atoms with Gasteiger partial charge in [0.2, 0.25) is 0 Å². The number of benzene rings is 4. The van der Waals surface area contributed by atoms with E-state index in [-0.39, 0.29) is 32.5 Å². The molecule has 4 aromatic rings. The minimum absolute atomic E-state index is 0.187. The van der Waals surface area contributed by atoms with E-state index in [2.05, 4.69) is 186 Å². The molecule has 0 atom stereocenters. The van der Waals surface area contributed by atoms with Crippen molar-refractivity contribution >= 4 is 6.08 Å². The smallest absolute Gasteiger partial charge is 0.123 e. The Labute approximate surface area is 360 Å². The van der Waals surface area contributed by atoms with E-state index in [1.165, 1.54) is 38.9 Å². The number of phenols is 3. The molecule has 4 aromatic carbocycles. The van der Waals surface area contributed by atoms with Gasteiger partial charge in [0.15, 0.2) is 0 Å². The summed E-state index contributed by atoms with van der Waals surface area (Å²) in [5.74, 6) is 1.26. The highest BCUT2D eigenvalue weighted by Crippen LogP contribution is 2.43. The first kappa shape index (κ1) is 47.7. The zero-order valence-electron chi connectivity index (χ0n) is 40.5. The molecule has 0 aliphatic carbocycles. The van der Waals surface area contributed by atoms with Gasteiger partial charge in [0.25, 0.3) is 0 Å². The summed E-state index contributed by atoms with van der Waals surface area (Å²) in [6, 6.07) is 18.1. The molecule has 0 aliphatic rings. The fourth-order valence-corrected chi connectivity index (χ4v) is 8.46. The van der Waals surface area contributed by atoms with Crippen LogP contribution in [0.3, 0.4) is 0 Å². The third kappa shape index (κ3) is 11.4. The molecular weight excluding hydrogens is 721 g/mol. The van der Waals surface area contributed by atoms with Crippen molar-refractivity contribution < 1.29 is 15.3 Å². The topological polar surface area (TPSA) is 60.7 Å². The highest BCUT2D eigenvalue weighted by molar-refractivity contribution is 5.59. The summed E-state index contributed by atoms with van der Waals surface area (Å²) >= 11 is 0. The van der Waals surface area contributed by atoms with E-state index >= 15 is 0 Å². The van der Waals surface area contributed by atoms with Gasteiger partial charge in [0, 0.05) is 0 Å². The van der Waals surface area contributed by atoms with E-state index in [1.54, 1.807) is 0 Å². The normalized spacial score (nSPS) is 13.3. The Hall–Kier alpha value is -3.98. The van der Waals surface area contributed by atoms with Crippen molar-refractivity contribution in [1.82, 2.24) is 0 Å². The number of aromatic hydroxyl groups is 3. The predicted molar refractivity (Wildman–Crippen MR) is 255 cm³/mol. The van der Waals surface area contributed by atoms with Crippen LogP contribution >= 0.6 is 0 Å². The molecule has 0 saturated carbocycles. The number of hydrogen-bond acceptors (Lipinski definition) is 3. The van der Waals surface area contributed by atoms with Gasteiger partial charge in [-0.2, -0.15) is 0 Å². The van der Waals surface area contributed by atoms with Crippen molar-refractivity contribution in [1.29, 1.82) is 0 Å². The van der Waals surface area contributed by atoms with Gasteiger partial charge in [-0.25, -0.2) is 0 Å². The molecule has 0 unspecified atom stereocenters. The minimum atomic E-state index is -0.193. The maximum absolute atomic E-state index is 11.5. The summed E-state index contributed by atoms with van der Waals surface area (Å²) in [7, 11) is 0. The van der Waals surface area contributed by atoms with E-state index in [0.29, 0.717) is 17.2 Å². The monoisotopic (exact) mass is 801 g/mol. The van der Waals surface area contributed by atoms with Gasteiger partial charge >= 0.3 is 0 Å². The zero-order chi connectivity index (χ0) is 44.8. The molecule has 0 heterocycles. The van der Waals surface area contributed by atoms with Crippen molar-refractivity contribution in [2.24, 2.45) is 0 Å². The fraction of sp³-hybridized carbons (Fsp3) is 0.536. The quantitative estimate of drug-likeness (QED) is 0.150. The van der Waals surface area contributed by atoms with Gasteiger partial charge < -0.3 is 15.3 Å². The van der Waals surface area contributed by atoms with Crippen LogP contribution in [0.25, 0.3) is 6.08 Å². The zero-order valence-corrected chi connectivity index (χ0v) is 40.5. The van der Waals surface area contributed by atoms with E-state index in [4.69, 9.17) is 0 Å². The third-order valence-electron chi connectivity index (χ3n) is 12.0. The lowest BCUT2D eigenvalue weighted by atomic mass is 9.77. The molecule has 0 bridgehead atoms. The van der Waals surface area contributed by atoms with Crippen molar-refractivity contribution in [3.05, 3.63) is 127 Å². The Kier molecular flexibility index (Phi) is 13.6. The van der Waals surface area contributed by atoms with Crippen LogP contribution in [0.4, 0.5) is 0 Å². The molecule has 0 aromatic heterocycles. The van der Waals surface area contributed by atoms with Crippen LogP contribution in [0.5, 0.6) is 17.2 Å². The first-order valence-corrected chi connectivity index (χ1v) is 22.1. The van der Waals surface area contributed by atoms with Gasteiger partial charge in [-0.1, -0.05) is 186 Å². The van der Waals surface area contributed by atoms with Crippen LogP contribution in [0.15, 0.2) is 55.1 Å². The molecule has 0 saturated heterocycles. The molecule has 0 spiro atoms. The first-order valence-electron chi connectivity index (χ1n) is 22.1. The summed E-state index contributed by atoms with van der Waals surface area (Å²) in [5.41, 5.74) is 13.7. The van der Waals surface area contributed by atoms with E-state index in [9.17, 15) is 15.3 Å². The number of hydrogen-bond donors (Lipinski definition) is 3. The SMILES string of the molecule is C=Cc1c(CCc2cc(C(C)(C)C)c(O)c(C(C)(C)C)c2)cc(CCc2cc(C(C)(C)C)c(O)c(C(C)(C)C)c2)cc1CCc1cc(C(C)(C)C)c(O)c(C(C)(C)C)c1. The van der Waals surface area contributed by atoms with Gasteiger partial charge in [0.05, 0.1) is 0 Å². The largest absolute Gasteiger partial charge is 0.507 e. The average molecular weight is 801 g/mol. The molecule has 0 amide bonds. The summed E-state index contributed by atoms with van der Waals surface area (Å²) in [6.45, 7) is 43.6. The van der Waals surface area contributed by atoms with Crippen molar-refractivity contribution in [2.75, 3.05) is 0 Å². The minimum Gasteiger partial charge on any atom is -0.507 e. The second kappa shape index (κ2) is 16.8. The standard InChI is InChI=1S/C56H80O3/c1-20-41-39(25-23-37-31-44(53(8,9)10)49(58)45(32-37)54(11,12)13)27-35(21-22-36-29-42(51(2,3)4)48(57)43(30-36)52(5,6)7)28-40(41)26-24-38-33-46(55(14,15)16)50(59)47(34-38)56(17,18)19/h20,27-34,57-59H,1,21-26H2,2-19H3.